The van der Waals surface area contributed by atoms with E-state index >= 15 is 0 Å². The summed E-state index contributed by atoms with van der Waals surface area (Å²) in [6.45, 7) is 1.36. The molecule has 0 aromatic heterocycles. The summed E-state index contributed by atoms with van der Waals surface area (Å²) in [5, 5.41) is 21.3. The molecule has 0 saturated heterocycles. The second kappa shape index (κ2) is 6.33. The number of amides is 1. The maximum absolute atomic E-state index is 12.0. The topological polar surface area (TPSA) is 95.6 Å². The standard InChI is InChI=1S/C12H24N2O3/c1-2-12(7-15,8-16)14-11(17)9-3-5-10(13)6-4-9/h9-10,15-16H,2-8,13H2,1H3,(H,14,17). The smallest absolute Gasteiger partial charge is 0.223 e. The number of rotatable bonds is 5. The van der Waals surface area contributed by atoms with Gasteiger partial charge in [-0.2, -0.15) is 0 Å². The minimum absolute atomic E-state index is 0.0289. The summed E-state index contributed by atoms with van der Waals surface area (Å²) in [6, 6.07) is 0.214. The van der Waals surface area contributed by atoms with Crippen LogP contribution in [0.3, 0.4) is 0 Å². The van der Waals surface area contributed by atoms with Gasteiger partial charge in [0, 0.05) is 12.0 Å². The Morgan fingerprint density at radius 3 is 2.24 bits per heavy atom. The van der Waals surface area contributed by atoms with E-state index < -0.39 is 5.54 Å². The van der Waals surface area contributed by atoms with Gasteiger partial charge in [-0.25, -0.2) is 0 Å². The summed E-state index contributed by atoms with van der Waals surface area (Å²) in [6.07, 6.45) is 3.84. The molecule has 100 valence electrons. The molecule has 1 amide bonds. The van der Waals surface area contributed by atoms with E-state index in [9.17, 15) is 15.0 Å². The van der Waals surface area contributed by atoms with Gasteiger partial charge in [0.15, 0.2) is 0 Å². The zero-order valence-electron chi connectivity index (χ0n) is 10.5. The Balaban J connectivity index is 2.53. The number of hydrogen-bond acceptors (Lipinski definition) is 4. The quantitative estimate of drug-likeness (QED) is 0.536. The van der Waals surface area contributed by atoms with Crippen molar-refractivity contribution in [3.63, 3.8) is 0 Å². The number of hydrogen-bond donors (Lipinski definition) is 4. The fraction of sp³-hybridized carbons (Fsp3) is 0.917. The molecule has 5 heteroatoms. The molecule has 0 unspecified atom stereocenters. The lowest BCUT2D eigenvalue weighted by Gasteiger charge is -2.33. The SMILES string of the molecule is CCC(CO)(CO)NC(=O)C1CCC(N)CC1. The summed E-state index contributed by atoms with van der Waals surface area (Å²) in [7, 11) is 0. The molecule has 1 aliphatic rings. The maximum Gasteiger partial charge on any atom is 0.223 e. The number of aliphatic hydroxyl groups is 2. The number of carbonyl (C=O) groups excluding carboxylic acids is 1. The van der Waals surface area contributed by atoms with Gasteiger partial charge in [0.1, 0.15) is 0 Å². The van der Waals surface area contributed by atoms with Gasteiger partial charge in [-0.1, -0.05) is 6.92 Å². The summed E-state index contributed by atoms with van der Waals surface area (Å²) in [5.74, 6) is -0.0966. The third kappa shape index (κ3) is 3.66. The fourth-order valence-electron chi connectivity index (χ4n) is 2.19. The van der Waals surface area contributed by atoms with Gasteiger partial charge in [0.25, 0.3) is 0 Å². The first-order valence-electron chi connectivity index (χ1n) is 6.36. The summed E-state index contributed by atoms with van der Waals surface area (Å²) < 4.78 is 0. The van der Waals surface area contributed by atoms with Crippen LogP contribution in [0.1, 0.15) is 39.0 Å². The minimum Gasteiger partial charge on any atom is -0.394 e. The molecule has 5 N–H and O–H groups in total. The summed E-state index contributed by atoms with van der Waals surface area (Å²) in [5.41, 5.74) is 4.91. The van der Waals surface area contributed by atoms with Crippen LogP contribution in [-0.4, -0.2) is 40.9 Å². The average molecular weight is 244 g/mol. The molecule has 5 nitrogen and oxygen atoms in total. The van der Waals surface area contributed by atoms with Gasteiger partial charge in [0.05, 0.1) is 18.8 Å². The minimum atomic E-state index is -0.878. The van der Waals surface area contributed by atoms with Crippen LogP contribution in [0.25, 0.3) is 0 Å². The molecule has 0 radical (unpaired) electrons. The van der Waals surface area contributed by atoms with Crippen molar-refractivity contribution in [3.05, 3.63) is 0 Å². The van der Waals surface area contributed by atoms with Crippen LogP contribution in [0.15, 0.2) is 0 Å². The Morgan fingerprint density at radius 1 is 1.29 bits per heavy atom. The lowest BCUT2D eigenvalue weighted by Crippen LogP contribution is -2.55. The molecular formula is C12H24N2O3. The van der Waals surface area contributed by atoms with Gasteiger partial charge in [-0.15, -0.1) is 0 Å². The highest BCUT2D eigenvalue weighted by Crippen LogP contribution is 2.24. The van der Waals surface area contributed by atoms with Crippen LogP contribution in [0.2, 0.25) is 0 Å². The van der Waals surface area contributed by atoms with E-state index in [0.29, 0.717) is 6.42 Å². The van der Waals surface area contributed by atoms with E-state index in [2.05, 4.69) is 5.32 Å². The Bertz CT molecular complexity index is 238. The van der Waals surface area contributed by atoms with E-state index in [-0.39, 0.29) is 31.1 Å². The van der Waals surface area contributed by atoms with Crippen LogP contribution in [0.4, 0.5) is 0 Å². The molecule has 0 spiro atoms. The monoisotopic (exact) mass is 244 g/mol. The predicted molar refractivity (Wildman–Crippen MR) is 65.3 cm³/mol. The van der Waals surface area contributed by atoms with Crippen LogP contribution >= 0.6 is 0 Å². The lowest BCUT2D eigenvalue weighted by molar-refractivity contribution is -0.129. The van der Waals surface area contributed by atoms with Crippen LogP contribution in [0.5, 0.6) is 0 Å². The largest absolute Gasteiger partial charge is 0.394 e. The van der Waals surface area contributed by atoms with Gasteiger partial charge in [-0.3, -0.25) is 4.79 Å². The van der Waals surface area contributed by atoms with Crippen molar-refractivity contribution in [3.8, 4) is 0 Å². The third-order valence-electron chi connectivity index (χ3n) is 3.81. The molecule has 1 aliphatic carbocycles. The normalized spacial score (nSPS) is 25.6. The van der Waals surface area contributed by atoms with Gasteiger partial charge in [-0.05, 0) is 32.1 Å². The first kappa shape index (κ1) is 14.4. The third-order valence-corrected chi connectivity index (χ3v) is 3.81. The van der Waals surface area contributed by atoms with Gasteiger partial charge >= 0.3 is 0 Å². The van der Waals surface area contributed by atoms with Crippen molar-refractivity contribution >= 4 is 5.91 Å². The van der Waals surface area contributed by atoms with Crippen molar-refractivity contribution in [1.29, 1.82) is 0 Å². The molecule has 0 heterocycles. The average Bonchev–Trinajstić information content (AvgIpc) is 2.37. The van der Waals surface area contributed by atoms with Crippen LogP contribution in [0, 0.1) is 5.92 Å². The van der Waals surface area contributed by atoms with E-state index in [1.54, 1.807) is 0 Å². The number of nitrogens with two attached hydrogens (primary N) is 1. The Kier molecular flexibility index (Phi) is 5.36. The van der Waals surface area contributed by atoms with E-state index in [1.807, 2.05) is 6.92 Å². The second-order valence-electron chi connectivity index (χ2n) is 5.05. The second-order valence-corrected chi connectivity index (χ2v) is 5.05. The lowest BCUT2D eigenvalue weighted by atomic mass is 9.85. The zero-order valence-corrected chi connectivity index (χ0v) is 10.5. The Hall–Kier alpha value is -0.650. The van der Waals surface area contributed by atoms with Crippen LogP contribution in [-0.2, 0) is 4.79 Å². The predicted octanol–water partition coefficient (Wildman–Crippen LogP) is -0.246. The summed E-state index contributed by atoms with van der Waals surface area (Å²) in [4.78, 5) is 12.0. The van der Waals surface area contributed by atoms with E-state index in [4.69, 9.17) is 5.73 Å². The highest BCUT2D eigenvalue weighted by Gasteiger charge is 2.32. The first-order valence-corrected chi connectivity index (χ1v) is 6.36. The first-order chi connectivity index (χ1) is 8.06. The van der Waals surface area contributed by atoms with Gasteiger partial charge < -0.3 is 21.3 Å². The van der Waals surface area contributed by atoms with Crippen molar-refractivity contribution < 1.29 is 15.0 Å². The van der Waals surface area contributed by atoms with E-state index in [1.165, 1.54) is 0 Å². The molecule has 17 heavy (non-hydrogen) atoms. The van der Waals surface area contributed by atoms with Crippen molar-refractivity contribution in [1.82, 2.24) is 5.32 Å². The van der Waals surface area contributed by atoms with Crippen molar-refractivity contribution in [2.45, 2.75) is 50.6 Å². The molecule has 1 saturated carbocycles. The molecule has 1 fully saturated rings. The molecule has 0 bridgehead atoms. The molecule has 0 aliphatic heterocycles. The van der Waals surface area contributed by atoms with Crippen LogP contribution < -0.4 is 11.1 Å². The highest BCUT2D eigenvalue weighted by molar-refractivity contribution is 5.79. The highest BCUT2D eigenvalue weighted by atomic mass is 16.3. The number of carbonyl (C=O) groups is 1. The Labute approximate surface area is 102 Å². The van der Waals surface area contributed by atoms with Crippen molar-refractivity contribution in [2.24, 2.45) is 11.7 Å². The summed E-state index contributed by atoms with van der Waals surface area (Å²) >= 11 is 0. The number of nitrogens with one attached hydrogen (secondary N) is 1. The fourth-order valence-corrected chi connectivity index (χ4v) is 2.19. The number of aliphatic hydroxyl groups excluding tert-OH is 2. The van der Waals surface area contributed by atoms with E-state index in [0.717, 1.165) is 25.7 Å². The molecule has 1 rings (SSSR count). The molecule has 0 atom stereocenters. The maximum atomic E-state index is 12.0. The molecule has 0 aromatic rings. The Morgan fingerprint density at radius 2 is 1.82 bits per heavy atom. The van der Waals surface area contributed by atoms with Crippen molar-refractivity contribution in [2.75, 3.05) is 13.2 Å². The van der Waals surface area contributed by atoms with Gasteiger partial charge in [0.2, 0.25) is 5.91 Å². The molecular weight excluding hydrogens is 220 g/mol. The molecule has 0 aromatic carbocycles. The zero-order chi connectivity index (χ0) is 12.9.